The molecule has 1 rings (SSSR count). The fourth-order valence-electron chi connectivity index (χ4n) is 0.961. The first-order chi connectivity index (χ1) is 5.04. The van der Waals surface area contributed by atoms with E-state index in [2.05, 4.69) is 0 Å². The molecular weight excluding hydrogens is 186 g/mol. The normalized spacial score (nSPS) is 19.2. The molecule has 1 aliphatic rings. The van der Waals surface area contributed by atoms with E-state index < -0.39 is 9.24 Å². The Bertz CT molecular complexity index is 223. The molecule has 0 atom stereocenters. The van der Waals surface area contributed by atoms with Gasteiger partial charge in [0.15, 0.2) is 0 Å². The number of hydrogen-bond donors (Lipinski definition) is 0. The van der Waals surface area contributed by atoms with Gasteiger partial charge in [0.2, 0.25) is 0 Å². The van der Waals surface area contributed by atoms with Crippen molar-refractivity contribution in [2.24, 2.45) is 5.92 Å². The Morgan fingerprint density at radius 1 is 1.55 bits per heavy atom. The minimum Gasteiger partial charge on any atom is -0.195 e. The van der Waals surface area contributed by atoms with E-state index in [9.17, 15) is 8.42 Å². The summed E-state index contributed by atoms with van der Waals surface area (Å²) in [5.74, 6) is 0.559. The van der Waals surface area contributed by atoms with Gasteiger partial charge in [-0.05, 0) is 18.8 Å². The number of nitrogens with zero attached hydrogens (tertiary/aromatic N) is 1. The Morgan fingerprint density at radius 3 is 2.36 bits per heavy atom. The van der Waals surface area contributed by atoms with Gasteiger partial charge in [0, 0.05) is 23.8 Å². The lowest BCUT2D eigenvalue weighted by Crippen LogP contribution is -2.28. The molecule has 0 unspecified atom stereocenters. The predicted molar refractivity (Wildman–Crippen MR) is 44.7 cm³/mol. The number of rotatable bonds is 4. The molecule has 0 N–H and O–H groups in total. The topological polar surface area (TPSA) is 37.4 Å². The molecule has 0 heterocycles. The average molecular weight is 198 g/mol. The highest BCUT2D eigenvalue weighted by atomic mass is 35.7. The summed E-state index contributed by atoms with van der Waals surface area (Å²) in [6.45, 7) is 2.87. The van der Waals surface area contributed by atoms with Crippen molar-refractivity contribution in [3.05, 3.63) is 0 Å². The maximum Gasteiger partial charge on any atom is 0.299 e. The third kappa shape index (κ3) is 2.97. The van der Waals surface area contributed by atoms with Gasteiger partial charge >= 0.3 is 0 Å². The third-order valence-corrected chi connectivity index (χ3v) is 3.43. The standard InChI is InChI=1S/C6H12ClNO2S/c1-2-8(11(7,9)10)5-6-3-4-6/h6H,2-5H2,1H3. The summed E-state index contributed by atoms with van der Waals surface area (Å²) in [6.07, 6.45) is 2.28. The van der Waals surface area contributed by atoms with Crippen LogP contribution in [0.1, 0.15) is 19.8 Å². The van der Waals surface area contributed by atoms with Crippen LogP contribution < -0.4 is 0 Å². The molecule has 11 heavy (non-hydrogen) atoms. The van der Waals surface area contributed by atoms with E-state index in [1.54, 1.807) is 6.92 Å². The van der Waals surface area contributed by atoms with E-state index in [0.29, 0.717) is 19.0 Å². The first-order valence-corrected chi connectivity index (χ1v) is 6.00. The molecule has 0 amide bonds. The summed E-state index contributed by atoms with van der Waals surface area (Å²) in [7, 11) is 1.70. The molecule has 0 aromatic carbocycles. The second-order valence-corrected chi connectivity index (χ2v) is 5.35. The number of hydrogen-bond acceptors (Lipinski definition) is 2. The largest absolute Gasteiger partial charge is 0.299 e. The quantitative estimate of drug-likeness (QED) is 0.636. The second kappa shape index (κ2) is 3.29. The average Bonchev–Trinajstić information content (AvgIpc) is 2.62. The van der Waals surface area contributed by atoms with E-state index >= 15 is 0 Å². The zero-order valence-corrected chi connectivity index (χ0v) is 8.03. The zero-order valence-electron chi connectivity index (χ0n) is 6.46. The van der Waals surface area contributed by atoms with Crippen molar-refractivity contribution in [3.8, 4) is 0 Å². The van der Waals surface area contributed by atoms with Crippen molar-refractivity contribution in [3.63, 3.8) is 0 Å². The SMILES string of the molecule is CCN(CC1CC1)S(=O)(=O)Cl. The number of halogens is 1. The van der Waals surface area contributed by atoms with Crippen molar-refractivity contribution < 1.29 is 8.42 Å². The Balaban J connectivity index is 2.48. The minimum atomic E-state index is -3.46. The minimum absolute atomic E-state index is 0.475. The Labute approximate surface area is 71.9 Å². The Hall–Kier alpha value is 0.200. The molecule has 0 aliphatic heterocycles. The zero-order chi connectivity index (χ0) is 8.48. The van der Waals surface area contributed by atoms with Crippen LogP contribution in [0.25, 0.3) is 0 Å². The predicted octanol–water partition coefficient (Wildman–Crippen LogP) is 1.20. The van der Waals surface area contributed by atoms with Crippen LogP contribution in [0.2, 0.25) is 0 Å². The molecule has 1 fully saturated rings. The van der Waals surface area contributed by atoms with E-state index in [-0.39, 0.29) is 0 Å². The summed E-state index contributed by atoms with van der Waals surface area (Å²) in [5.41, 5.74) is 0. The second-order valence-electron chi connectivity index (χ2n) is 2.84. The molecule has 5 heteroatoms. The first kappa shape index (κ1) is 9.29. The van der Waals surface area contributed by atoms with Gasteiger partial charge in [0.05, 0.1) is 0 Å². The van der Waals surface area contributed by atoms with Gasteiger partial charge in [0.25, 0.3) is 9.24 Å². The summed E-state index contributed by atoms with van der Waals surface area (Å²) in [6, 6.07) is 0. The molecule has 0 aromatic heterocycles. The fraction of sp³-hybridized carbons (Fsp3) is 1.00. The van der Waals surface area contributed by atoms with Gasteiger partial charge < -0.3 is 0 Å². The highest BCUT2D eigenvalue weighted by molar-refractivity contribution is 8.11. The van der Waals surface area contributed by atoms with Crippen LogP contribution in [0.4, 0.5) is 0 Å². The van der Waals surface area contributed by atoms with E-state index in [4.69, 9.17) is 10.7 Å². The summed E-state index contributed by atoms with van der Waals surface area (Å²) < 4.78 is 22.9. The maximum absolute atomic E-state index is 10.8. The van der Waals surface area contributed by atoms with Gasteiger partial charge in [0.1, 0.15) is 0 Å². The summed E-state index contributed by atoms with van der Waals surface area (Å²) in [4.78, 5) is 0. The van der Waals surface area contributed by atoms with Crippen LogP contribution in [0.5, 0.6) is 0 Å². The molecule has 0 saturated heterocycles. The summed E-state index contributed by atoms with van der Waals surface area (Å²) in [5, 5.41) is 0. The van der Waals surface area contributed by atoms with Gasteiger partial charge in [-0.3, -0.25) is 0 Å². The lowest BCUT2D eigenvalue weighted by Gasteiger charge is -2.14. The molecule has 66 valence electrons. The van der Waals surface area contributed by atoms with Crippen molar-refractivity contribution in [2.75, 3.05) is 13.1 Å². The maximum atomic E-state index is 10.8. The van der Waals surface area contributed by atoms with Gasteiger partial charge in [-0.2, -0.15) is 12.7 Å². The van der Waals surface area contributed by atoms with E-state index in [1.165, 1.54) is 4.31 Å². The summed E-state index contributed by atoms with van der Waals surface area (Å²) >= 11 is 0. The third-order valence-electron chi connectivity index (χ3n) is 1.82. The van der Waals surface area contributed by atoms with Gasteiger partial charge in [-0.1, -0.05) is 6.92 Å². The van der Waals surface area contributed by atoms with E-state index in [1.807, 2.05) is 0 Å². The molecule has 3 nitrogen and oxygen atoms in total. The highest BCUT2D eigenvalue weighted by Crippen LogP contribution is 2.30. The van der Waals surface area contributed by atoms with Crippen molar-refractivity contribution >= 4 is 19.9 Å². The van der Waals surface area contributed by atoms with Crippen molar-refractivity contribution in [2.45, 2.75) is 19.8 Å². The fourth-order valence-corrected chi connectivity index (χ4v) is 2.12. The molecule has 1 aliphatic carbocycles. The van der Waals surface area contributed by atoms with Gasteiger partial charge in [-0.25, -0.2) is 0 Å². The molecule has 0 aromatic rings. The van der Waals surface area contributed by atoms with Crippen LogP contribution in [-0.4, -0.2) is 25.8 Å². The molecule has 0 bridgehead atoms. The monoisotopic (exact) mass is 197 g/mol. The van der Waals surface area contributed by atoms with Crippen LogP contribution in [0.15, 0.2) is 0 Å². The lowest BCUT2D eigenvalue weighted by molar-refractivity contribution is 0.422. The Morgan fingerprint density at radius 2 is 2.09 bits per heavy atom. The molecule has 0 spiro atoms. The highest BCUT2D eigenvalue weighted by Gasteiger charge is 2.28. The Kier molecular flexibility index (Phi) is 2.78. The van der Waals surface area contributed by atoms with Crippen LogP contribution in [-0.2, 0) is 9.24 Å². The van der Waals surface area contributed by atoms with Crippen LogP contribution in [0.3, 0.4) is 0 Å². The molecular formula is C6H12ClNO2S. The van der Waals surface area contributed by atoms with Crippen LogP contribution in [0, 0.1) is 5.92 Å². The first-order valence-electron chi connectivity index (χ1n) is 3.73. The molecule has 0 radical (unpaired) electrons. The van der Waals surface area contributed by atoms with Gasteiger partial charge in [-0.15, -0.1) is 0 Å². The molecule has 1 saturated carbocycles. The lowest BCUT2D eigenvalue weighted by atomic mass is 10.4. The van der Waals surface area contributed by atoms with Crippen LogP contribution >= 0.6 is 10.7 Å². The van der Waals surface area contributed by atoms with Crippen molar-refractivity contribution in [1.82, 2.24) is 4.31 Å². The van der Waals surface area contributed by atoms with E-state index in [0.717, 1.165) is 12.8 Å². The van der Waals surface area contributed by atoms with Crippen molar-refractivity contribution in [1.29, 1.82) is 0 Å². The smallest absolute Gasteiger partial charge is 0.195 e.